The van der Waals surface area contributed by atoms with E-state index in [1.165, 1.54) is 0 Å². The molecule has 4 nitrogen and oxygen atoms in total. The number of rotatable bonds is 3. The van der Waals surface area contributed by atoms with Crippen molar-refractivity contribution in [1.82, 2.24) is 9.55 Å². The second kappa shape index (κ2) is 4.59. The lowest BCUT2D eigenvalue weighted by Crippen LogP contribution is -2.00. The molecule has 0 saturated heterocycles. The topological polar surface area (TPSA) is 55.1 Å². The Bertz CT molecular complexity index is 563. The standard InChI is InChI=1S/C12H11ClN2O2/c1-2-15-6-5-14-11(15)8-3-4-10(13)9(7-8)12(16)17/h3-7H,2H2,1H3,(H,16,17). The van der Waals surface area contributed by atoms with Gasteiger partial charge in [0.1, 0.15) is 5.82 Å². The van der Waals surface area contributed by atoms with Crippen LogP contribution in [-0.4, -0.2) is 20.6 Å². The Morgan fingerprint density at radius 3 is 2.94 bits per heavy atom. The fourth-order valence-corrected chi connectivity index (χ4v) is 1.85. The molecule has 17 heavy (non-hydrogen) atoms. The lowest BCUT2D eigenvalue weighted by Gasteiger charge is -2.06. The third-order valence-electron chi connectivity index (χ3n) is 2.51. The van der Waals surface area contributed by atoms with Crippen LogP contribution in [0.25, 0.3) is 11.4 Å². The molecular formula is C12H11ClN2O2. The summed E-state index contributed by atoms with van der Waals surface area (Å²) in [6, 6.07) is 4.89. The summed E-state index contributed by atoms with van der Waals surface area (Å²) in [7, 11) is 0. The summed E-state index contributed by atoms with van der Waals surface area (Å²) >= 11 is 5.82. The molecule has 0 aliphatic rings. The highest BCUT2D eigenvalue weighted by Crippen LogP contribution is 2.24. The van der Waals surface area contributed by atoms with Crippen LogP contribution < -0.4 is 0 Å². The van der Waals surface area contributed by atoms with E-state index >= 15 is 0 Å². The van der Waals surface area contributed by atoms with Gasteiger partial charge in [0.05, 0.1) is 10.6 Å². The Hall–Kier alpha value is -1.81. The molecule has 0 bridgehead atoms. The molecule has 1 aromatic carbocycles. The minimum Gasteiger partial charge on any atom is -0.478 e. The largest absolute Gasteiger partial charge is 0.478 e. The van der Waals surface area contributed by atoms with Gasteiger partial charge in [0.2, 0.25) is 0 Å². The van der Waals surface area contributed by atoms with Crippen molar-refractivity contribution >= 4 is 17.6 Å². The van der Waals surface area contributed by atoms with Crippen molar-refractivity contribution in [3.8, 4) is 11.4 Å². The number of carboxylic acid groups (broad SMARTS) is 1. The molecule has 0 amide bonds. The van der Waals surface area contributed by atoms with Gasteiger partial charge in [-0.05, 0) is 25.1 Å². The summed E-state index contributed by atoms with van der Waals surface area (Å²) < 4.78 is 1.94. The smallest absolute Gasteiger partial charge is 0.337 e. The third-order valence-corrected chi connectivity index (χ3v) is 2.84. The van der Waals surface area contributed by atoms with Gasteiger partial charge < -0.3 is 9.67 Å². The van der Waals surface area contributed by atoms with Gasteiger partial charge in [0.25, 0.3) is 0 Å². The van der Waals surface area contributed by atoms with Crippen molar-refractivity contribution in [2.45, 2.75) is 13.5 Å². The first-order valence-corrected chi connectivity index (χ1v) is 5.55. The van der Waals surface area contributed by atoms with Crippen molar-refractivity contribution in [3.05, 3.63) is 41.2 Å². The van der Waals surface area contributed by atoms with Gasteiger partial charge in [-0.15, -0.1) is 0 Å². The molecule has 0 aliphatic carbocycles. The van der Waals surface area contributed by atoms with Gasteiger partial charge in [-0.3, -0.25) is 0 Å². The van der Waals surface area contributed by atoms with E-state index in [9.17, 15) is 4.79 Å². The number of aromatic nitrogens is 2. The van der Waals surface area contributed by atoms with Crippen LogP contribution in [-0.2, 0) is 6.54 Å². The Balaban J connectivity index is 2.54. The molecule has 1 N–H and O–H groups in total. The molecule has 0 aliphatic heterocycles. The fourth-order valence-electron chi connectivity index (χ4n) is 1.65. The summed E-state index contributed by atoms with van der Waals surface area (Å²) in [6.45, 7) is 2.78. The zero-order valence-corrected chi connectivity index (χ0v) is 9.98. The summed E-state index contributed by atoms with van der Waals surface area (Å²) in [5.41, 5.74) is 0.841. The Kier molecular flexibility index (Phi) is 3.15. The van der Waals surface area contributed by atoms with E-state index in [1.54, 1.807) is 24.4 Å². The Morgan fingerprint density at radius 1 is 1.53 bits per heavy atom. The summed E-state index contributed by atoms with van der Waals surface area (Å²) in [5.74, 6) is -0.293. The maximum Gasteiger partial charge on any atom is 0.337 e. The Labute approximate surface area is 103 Å². The number of aromatic carboxylic acids is 1. The minimum absolute atomic E-state index is 0.0924. The molecule has 1 aromatic heterocycles. The number of aryl methyl sites for hydroxylation is 1. The van der Waals surface area contributed by atoms with Gasteiger partial charge in [-0.25, -0.2) is 9.78 Å². The quantitative estimate of drug-likeness (QED) is 0.911. The summed E-state index contributed by atoms with van der Waals surface area (Å²) in [5, 5.41) is 9.23. The monoisotopic (exact) mass is 250 g/mol. The maximum atomic E-state index is 11.0. The number of carbonyl (C=O) groups is 1. The van der Waals surface area contributed by atoms with Crippen molar-refractivity contribution in [1.29, 1.82) is 0 Å². The summed E-state index contributed by atoms with van der Waals surface area (Å²) in [4.78, 5) is 15.2. The van der Waals surface area contributed by atoms with Gasteiger partial charge in [0, 0.05) is 24.5 Å². The second-order valence-electron chi connectivity index (χ2n) is 3.54. The second-order valence-corrected chi connectivity index (χ2v) is 3.94. The fraction of sp³-hybridized carbons (Fsp3) is 0.167. The van der Waals surface area contributed by atoms with E-state index in [1.807, 2.05) is 17.7 Å². The van der Waals surface area contributed by atoms with E-state index in [0.717, 1.165) is 17.9 Å². The van der Waals surface area contributed by atoms with Gasteiger partial charge in [-0.2, -0.15) is 0 Å². The van der Waals surface area contributed by atoms with Crippen LogP contribution in [0.3, 0.4) is 0 Å². The van der Waals surface area contributed by atoms with Crippen molar-refractivity contribution in [2.24, 2.45) is 0 Å². The highest BCUT2D eigenvalue weighted by Gasteiger charge is 2.12. The Morgan fingerprint density at radius 2 is 2.29 bits per heavy atom. The maximum absolute atomic E-state index is 11.0. The highest BCUT2D eigenvalue weighted by molar-refractivity contribution is 6.33. The van der Waals surface area contributed by atoms with Crippen LogP contribution in [0.5, 0.6) is 0 Å². The van der Waals surface area contributed by atoms with E-state index in [2.05, 4.69) is 4.98 Å². The zero-order valence-electron chi connectivity index (χ0n) is 9.22. The van der Waals surface area contributed by atoms with Crippen molar-refractivity contribution < 1.29 is 9.90 Å². The van der Waals surface area contributed by atoms with Gasteiger partial charge in [0.15, 0.2) is 0 Å². The SMILES string of the molecule is CCn1ccnc1-c1ccc(Cl)c(C(=O)O)c1. The number of halogens is 1. The number of nitrogens with zero attached hydrogens (tertiary/aromatic N) is 2. The molecular weight excluding hydrogens is 240 g/mol. The molecule has 1 heterocycles. The van der Waals surface area contributed by atoms with E-state index in [0.29, 0.717) is 0 Å². The van der Waals surface area contributed by atoms with Crippen LogP contribution in [0, 0.1) is 0 Å². The van der Waals surface area contributed by atoms with Crippen LogP contribution >= 0.6 is 11.6 Å². The first-order chi connectivity index (χ1) is 8.13. The molecule has 0 saturated carbocycles. The first-order valence-electron chi connectivity index (χ1n) is 5.18. The van der Waals surface area contributed by atoms with Gasteiger partial charge >= 0.3 is 5.97 Å². The minimum atomic E-state index is -1.04. The lowest BCUT2D eigenvalue weighted by atomic mass is 10.1. The molecule has 2 rings (SSSR count). The highest BCUT2D eigenvalue weighted by atomic mass is 35.5. The molecule has 0 radical (unpaired) electrons. The van der Waals surface area contributed by atoms with E-state index < -0.39 is 5.97 Å². The van der Waals surface area contributed by atoms with Crippen LogP contribution in [0.1, 0.15) is 17.3 Å². The predicted octanol–water partition coefficient (Wildman–Crippen LogP) is 2.92. The summed E-state index contributed by atoms with van der Waals surface area (Å²) in [6.07, 6.45) is 3.54. The lowest BCUT2D eigenvalue weighted by molar-refractivity contribution is 0.0697. The molecule has 0 atom stereocenters. The van der Waals surface area contributed by atoms with Crippen LogP contribution in [0.15, 0.2) is 30.6 Å². The van der Waals surface area contributed by atoms with Gasteiger partial charge in [-0.1, -0.05) is 11.6 Å². The molecule has 88 valence electrons. The number of hydrogen-bond acceptors (Lipinski definition) is 2. The number of carboxylic acids is 1. The normalized spacial score (nSPS) is 10.5. The third kappa shape index (κ3) is 2.17. The van der Waals surface area contributed by atoms with Crippen molar-refractivity contribution in [3.63, 3.8) is 0 Å². The average Bonchev–Trinajstić information content (AvgIpc) is 2.77. The average molecular weight is 251 g/mol. The molecule has 2 aromatic rings. The molecule has 0 fully saturated rings. The van der Waals surface area contributed by atoms with Crippen LogP contribution in [0.4, 0.5) is 0 Å². The van der Waals surface area contributed by atoms with Crippen LogP contribution in [0.2, 0.25) is 5.02 Å². The molecule has 0 unspecified atom stereocenters. The number of imidazole rings is 1. The zero-order chi connectivity index (χ0) is 12.4. The van der Waals surface area contributed by atoms with E-state index in [-0.39, 0.29) is 10.6 Å². The molecule has 0 spiro atoms. The predicted molar refractivity (Wildman–Crippen MR) is 65.3 cm³/mol. The van der Waals surface area contributed by atoms with Crippen molar-refractivity contribution in [2.75, 3.05) is 0 Å². The van der Waals surface area contributed by atoms with E-state index in [4.69, 9.17) is 16.7 Å². The molecule has 5 heteroatoms. The number of benzene rings is 1. The number of hydrogen-bond donors (Lipinski definition) is 1. The first kappa shape index (κ1) is 11.7.